The van der Waals surface area contributed by atoms with Crippen molar-refractivity contribution in [2.45, 2.75) is 25.8 Å². The van der Waals surface area contributed by atoms with Crippen molar-refractivity contribution in [2.75, 3.05) is 31.1 Å². The second-order valence-corrected chi connectivity index (χ2v) is 9.53. The highest BCUT2D eigenvalue weighted by Crippen LogP contribution is 2.31. The van der Waals surface area contributed by atoms with Crippen LogP contribution < -0.4 is 10.2 Å². The molecule has 1 heterocycles. The molecule has 1 aliphatic rings. The molecule has 2 amide bonds. The lowest BCUT2D eigenvalue weighted by molar-refractivity contribution is -0.384. The van der Waals surface area contributed by atoms with Gasteiger partial charge in [0.2, 0.25) is 5.91 Å². The van der Waals surface area contributed by atoms with Gasteiger partial charge in [-0.15, -0.1) is 0 Å². The lowest BCUT2D eigenvalue weighted by Crippen LogP contribution is -2.49. The fourth-order valence-corrected chi connectivity index (χ4v) is 4.62. The summed E-state index contributed by atoms with van der Waals surface area (Å²) in [5, 5.41) is 24.0. The molecule has 39 heavy (non-hydrogen) atoms. The Hall–Kier alpha value is -4.73. The molecule has 4 rings (SSSR count). The van der Waals surface area contributed by atoms with Crippen molar-refractivity contribution in [3.63, 3.8) is 0 Å². The van der Waals surface area contributed by atoms with Crippen LogP contribution in [-0.2, 0) is 16.0 Å². The first-order valence-corrected chi connectivity index (χ1v) is 12.7. The van der Waals surface area contributed by atoms with Gasteiger partial charge in [0.05, 0.1) is 23.8 Å². The number of carbonyl (C=O) groups is 3. The van der Waals surface area contributed by atoms with Gasteiger partial charge in [-0.3, -0.25) is 24.5 Å². The molecule has 1 unspecified atom stereocenters. The molecule has 2 N–H and O–H groups in total. The number of carboxylic acid groups (broad SMARTS) is 1. The van der Waals surface area contributed by atoms with Gasteiger partial charge in [-0.1, -0.05) is 60.2 Å². The van der Waals surface area contributed by atoms with E-state index in [1.54, 1.807) is 17.0 Å². The number of nitro groups is 1. The topological polar surface area (TPSA) is 133 Å². The second kappa shape index (κ2) is 12.2. The van der Waals surface area contributed by atoms with Crippen molar-refractivity contribution in [2.24, 2.45) is 0 Å². The monoisotopic (exact) mass is 530 g/mol. The van der Waals surface area contributed by atoms with E-state index in [0.717, 1.165) is 11.1 Å². The van der Waals surface area contributed by atoms with E-state index in [4.69, 9.17) is 0 Å². The molecule has 202 valence electrons. The highest BCUT2D eigenvalue weighted by Gasteiger charge is 2.27. The van der Waals surface area contributed by atoms with Gasteiger partial charge in [-0.05, 0) is 30.2 Å². The van der Waals surface area contributed by atoms with Crippen LogP contribution in [0.5, 0.6) is 0 Å². The number of nitrogens with zero attached hydrogens (tertiary/aromatic N) is 3. The normalized spacial score (nSPS) is 14.0. The SMILES string of the molecule is Cc1ccc(C(CC(=O)O)NC(=O)c2ccc(N3CCN(C(=O)Cc4ccccc4)CC3)c([N+](=O)[O-])c2)cc1. The van der Waals surface area contributed by atoms with Crippen LogP contribution >= 0.6 is 0 Å². The van der Waals surface area contributed by atoms with E-state index in [9.17, 15) is 29.6 Å². The Labute approximate surface area is 226 Å². The van der Waals surface area contributed by atoms with Crippen LogP contribution in [0.15, 0.2) is 72.8 Å². The third kappa shape index (κ3) is 6.98. The number of carboxylic acids is 1. The smallest absolute Gasteiger partial charge is 0.305 e. The summed E-state index contributed by atoms with van der Waals surface area (Å²) in [6.07, 6.45) is -0.0293. The van der Waals surface area contributed by atoms with Crippen LogP contribution in [0.4, 0.5) is 11.4 Å². The van der Waals surface area contributed by atoms with Crippen molar-refractivity contribution >= 4 is 29.2 Å². The van der Waals surface area contributed by atoms with Crippen LogP contribution in [0.1, 0.15) is 39.5 Å². The van der Waals surface area contributed by atoms with Gasteiger partial charge in [0.1, 0.15) is 5.69 Å². The molecule has 3 aromatic carbocycles. The molecule has 10 heteroatoms. The third-order valence-corrected chi connectivity index (χ3v) is 6.77. The predicted molar refractivity (Wildman–Crippen MR) is 146 cm³/mol. The number of anilines is 1. The Morgan fingerprint density at radius 1 is 0.974 bits per heavy atom. The van der Waals surface area contributed by atoms with Crippen LogP contribution in [0, 0.1) is 17.0 Å². The summed E-state index contributed by atoms with van der Waals surface area (Å²) >= 11 is 0. The van der Waals surface area contributed by atoms with E-state index in [0.29, 0.717) is 43.9 Å². The van der Waals surface area contributed by atoms with Crippen LogP contribution in [0.2, 0.25) is 0 Å². The molecule has 3 aromatic rings. The minimum atomic E-state index is -1.08. The molecule has 0 aromatic heterocycles. The molecule has 0 aliphatic carbocycles. The maximum atomic E-state index is 13.0. The molecular formula is C29H30N4O6. The van der Waals surface area contributed by atoms with Crippen molar-refractivity contribution in [1.82, 2.24) is 10.2 Å². The Balaban J connectivity index is 1.45. The van der Waals surface area contributed by atoms with Crippen molar-refractivity contribution < 1.29 is 24.4 Å². The van der Waals surface area contributed by atoms with Crippen molar-refractivity contribution in [1.29, 1.82) is 0 Å². The van der Waals surface area contributed by atoms with Gasteiger partial charge in [0, 0.05) is 37.8 Å². The zero-order chi connectivity index (χ0) is 27.9. The van der Waals surface area contributed by atoms with Crippen molar-refractivity contribution in [3.05, 3.63) is 105 Å². The first kappa shape index (κ1) is 27.3. The Morgan fingerprint density at radius 3 is 2.26 bits per heavy atom. The first-order chi connectivity index (χ1) is 18.7. The fourth-order valence-electron chi connectivity index (χ4n) is 4.62. The number of carbonyl (C=O) groups excluding carboxylic acids is 2. The number of nitrogens with one attached hydrogen (secondary N) is 1. The molecule has 0 spiro atoms. The minimum Gasteiger partial charge on any atom is -0.481 e. The largest absolute Gasteiger partial charge is 0.481 e. The number of hydrogen-bond donors (Lipinski definition) is 2. The molecule has 0 bridgehead atoms. The number of nitro benzene ring substituents is 1. The minimum absolute atomic E-state index is 0.00635. The summed E-state index contributed by atoms with van der Waals surface area (Å²) in [5.41, 5.74) is 2.75. The molecule has 1 fully saturated rings. The number of amides is 2. The summed E-state index contributed by atoms with van der Waals surface area (Å²) in [6, 6.07) is 20.1. The average Bonchev–Trinajstić information content (AvgIpc) is 2.93. The molecule has 1 saturated heterocycles. The van der Waals surface area contributed by atoms with E-state index in [1.807, 2.05) is 54.3 Å². The Morgan fingerprint density at radius 2 is 1.64 bits per heavy atom. The number of aryl methyl sites for hydroxylation is 1. The zero-order valence-corrected chi connectivity index (χ0v) is 21.6. The van der Waals surface area contributed by atoms with Gasteiger partial charge in [0.25, 0.3) is 11.6 Å². The molecule has 1 atom stereocenters. The highest BCUT2D eigenvalue weighted by molar-refractivity contribution is 5.96. The van der Waals surface area contributed by atoms with E-state index in [1.165, 1.54) is 18.2 Å². The number of hydrogen-bond acceptors (Lipinski definition) is 6. The summed E-state index contributed by atoms with van der Waals surface area (Å²) in [4.78, 5) is 52.1. The maximum absolute atomic E-state index is 13.0. The van der Waals surface area contributed by atoms with E-state index in [-0.39, 0.29) is 23.6 Å². The van der Waals surface area contributed by atoms with Crippen LogP contribution in [0.25, 0.3) is 0 Å². The molecule has 10 nitrogen and oxygen atoms in total. The van der Waals surface area contributed by atoms with Gasteiger partial charge in [-0.25, -0.2) is 0 Å². The van der Waals surface area contributed by atoms with Crippen LogP contribution in [0.3, 0.4) is 0 Å². The molecule has 0 radical (unpaired) electrons. The quantitative estimate of drug-likeness (QED) is 0.318. The van der Waals surface area contributed by atoms with Crippen molar-refractivity contribution in [3.8, 4) is 0 Å². The second-order valence-electron chi connectivity index (χ2n) is 9.53. The summed E-state index contributed by atoms with van der Waals surface area (Å²) < 4.78 is 0. The zero-order valence-electron chi connectivity index (χ0n) is 21.6. The number of piperazine rings is 1. The summed E-state index contributed by atoms with van der Waals surface area (Å²) in [6.45, 7) is 3.59. The number of benzene rings is 3. The molecule has 1 aliphatic heterocycles. The predicted octanol–water partition coefficient (Wildman–Crippen LogP) is 3.74. The lowest BCUT2D eigenvalue weighted by Gasteiger charge is -2.36. The fraction of sp³-hybridized carbons (Fsp3) is 0.276. The van der Waals surface area contributed by atoms with Gasteiger partial charge in [-0.2, -0.15) is 0 Å². The third-order valence-electron chi connectivity index (χ3n) is 6.77. The molecule has 0 saturated carbocycles. The average molecular weight is 531 g/mol. The molecular weight excluding hydrogens is 500 g/mol. The van der Waals surface area contributed by atoms with E-state index in [2.05, 4.69) is 5.32 Å². The number of rotatable bonds is 9. The van der Waals surface area contributed by atoms with Gasteiger partial charge >= 0.3 is 5.97 Å². The van der Waals surface area contributed by atoms with Gasteiger partial charge in [0.15, 0.2) is 0 Å². The summed E-state index contributed by atoms with van der Waals surface area (Å²) in [7, 11) is 0. The van der Waals surface area contributed by atoms with E-state index < -0.39 is 22.8 Å². The number of aliphatic carboxylic acids is 1. The Bertz CT molecular complexity index is 1350. The maximum Gasteiger partial charge on any atom is 0.305 e. The summed E-state index contributed by atoms with van der Waals surface area (Å²) in [5.74, 6) is -1.68. The standard InChI is InChI=1S/C29H30N4O6/c1-20-7-9-22(10-8-20)24(19-28(35)36)30-29(37)23-11-12-25(26(18-23)33(38)39)31-13-15-32(16-14-31)27(34)17-21-5-3-2-4-6-21/h2-12,18,24H,13-17,19H2,1H3,(H,30,37)(H,35,36). The lowest BCUT2D eigenvalue weighted by atomic mass is 10.0. The Kier molecular flexibility index (Phi) is 8.55. The van der Waals surface area contributed by atoms with Gasteiger partial charge < -0.3 is 20.2 Å². The highest BCUT2D eigenvalue weighted by atomic mass is 16.6. The van der Waals surface area contributed by atoms with Crippen LogP contribution in [-0.4, -0.2) is 58.9 Å². The first-order valence-electron chi connectivity index (χ1n) is 12.7. The van der Waals surface area contributed by atoms with E-state index >= 15 is 0 Å².